The molecule has 1 heterocycles. The molecule has 1 aromatic carbocycles. The molecule has 2 aliphatic rings. The van der Waals surface area contributed by atoms with Gasteiger partial charge in [-0.1, -0.05) is 23.7 Å². The number of benzene rings is 1. The zero-order chi connectivity index (χ0) is 19.4. The average molecular weight is 392 g/mol. The topological polar surface area (TPSA) is 77.8 Å². The smallest absolute Gasteiger partial charge is 0.328 e. The van der Waals surface area contributed by atoms with Gasteiger partial charge >= 0.3 is 5.97 Å². The highest BCUT2D eigenvalue weighted by Crippen LogP contribution is 2.33. The molecule has 1 saturated carbocycles. The van der Waals surface area contributed by atoms with Gasteiger partial charge in [-0.05, 0) is 67.7 Å². The first-order valence-corrected chi connectivity index (χ1v) is 9.96. The molecule has 1 unspecified atom stereocenters. The zero-order valence-electron chi connectivity index (χ0n) is 15.3. The van der Waals surface area contributed by atoms with Crippen molar-refractivity contribution in [2.75, 3.05) is 13.2 Å². The third-order valence-corrected chi connectivity index (χ3v) is 6.18. The van der Waals surface area contributed by atoms with E-state index in [1.807, 2.05) is 17.0 Å². The monoisotopic (exact) mass is 391 g/mol. The Morgan fingerprint density at radius 1 is 1.22 bits per heavy atom. The van der Waals surface area contributed by atoms with Crippen molar-refractivity contribution in [1.29, 1.82) is 0 Å². The van der Waals surface area contributed by atoms with E-state index < -0.39 is 5.97 Å². The molecule has 3 rings (SSSR count). The number of halogens is 1. The molecule has 5 nitrogen and oxygen atoms in total. The molecule has 0 bridgehead atoms. The summed E-state index contributed by atoms with van der Waals surface area (Å²) in [6, 6.07) is 5.76. The summed E-state index contributed by atoms with van der Waals surface area (Å²) < 4.78 is 0. The maximum atomic E-state index is 12.9. The van der Waals surface area contributed by atoms with Crippen LogP contribution in [0.4, 0.5) is 0 Å². The van der Waals surface area contributed by atoms with Gasteiger partial charge in [-0.25, -0.2) is 4.79 Å². The molecule has 2 N–H and O–H groups in total. The van der Waals surface area contributed by atoms with Crippen molar-refractivity contribution >= 4 is 29.6 Å². The van der Waals surface area contributed by atoms with Crippen molar-refractivity contribution in [2.45, 2.75) is 44.6 Å². The SMILES string of the molecule is O=C(O)/C=C/c1ccc(CC2CCN(C3CCC(CO)CC3)C2=O)c(Cl)c1. The maximum absolute atomic E-state index is 12.9. The molecule has 1 aliphatic carbocycles. The molecule has 1 atom stereocenters. The highest BCUT2D eigenvalue weighted by Gasteiger charge is 2.37. The van der Waals surface area contributed by atoms with E-state index in [4.69, 9.17) is 16.7 Å². The Bertz CT molecular complexity index is 725. The quantitative estimate of drug-likeness (QED) is 0.729. The van der Waals surface area contributed by atoms with Gasteiger partial charge < -0.3 is 15.1 Å². The number of carbonyl (C=O) groups is 2. The lowest BCUT2D eigenvalue weighted by atomic mass is 9.86. The number of aliphatic carboxylic acids is 1. The van der Waals surface area contributed by atoms with E-state index in [-0.39, 0.29) is 18.4 Å². The molecule has 1 aromatic rings. The van der Waals surface area contributed by atoms with Crippen LogP contribution >= 0.6 is 11.6 Å². The minimum absolute atomic E-state index is 0.0431. The normalized spacial score (nSPS) is 26.1. The van der Waals surface area contributed by atoms with Crippen LogP contribution in [0, 0.1) is 11.8 Å². The molecule has 1 saturated heterocycles. The zero-order valence-corrected chi connectivity index (χ0v) is 16.1. The van der Waals surface area contributed by atoms with Gasteiger partial charge in [0.15, 0.2) is 0 Å². The van der Waals surface area contributed by atoms with E-state index >= 15 is 0 Å². The number of likely N-dealkylation sites (tertiary alicyclic amines) is 1. The van der Waals surface area contributed by atoms with E-state index in [9.17, 15) is 14.7 Å². The molecule has 0 aromatic heterocycles. The van der Waals surface area contributed by atoms with Crippen molar-refractivity contribution in [1.82, 2.24) is 4.90 Å². The summed E-state index contributed by atoms with van der Waals surface area (Å²) in [5, 5.41) is 18.6. The van der Waals surface area contributed by atoms with E-state index in [1.54, 1.807) is 6.07 Å². The van der Waals surface area contributed by atoms with E-state index in [0.29, 0.717) is 23.4 Å². The van der Waals surface area contributed by atoms with Crippen LogP contribution in [0.3, 0.4) is 0 Å². The van der Waals surface area contributed by atoms with Gasteiger partial charge in [0.2, 0.25) is 5.91 Å². The molecular weight excluding hydrogens is 366 g/mol. The number of aliphatic hydroxyl groups is 1. The number of aliphatic hydroxyl groups excluding tert-OH is 1. The van der Waals surface area contributed by atoms with Gasteiger partial charge in [0, 0.05) is 36.2 Å². The summed E-state index contributed by atoms with van der Waals surface area (Å²) in [6.07, 6.45) is 7.99. The molecule has 0 spiro atoms. The van der Waals surface area contributed by atoms with Crippen molar-refractivity contribution in [3.8, 4) is 0 Å². The van der Waals surface area contributed by atoms with Crippen molar-refractivity contribution in [2.24, 2.45) is 11.8 Å². The van der Waals surface area contributed by atoms with Gasteiger partial charge in [-0.15, -0.1) is 0 Å². The number of rotatable bonds is 6. The van der Waals surface area contributed by atoms with Gasteiger partial charge in [0.05, 0.1) is 0 Å². The maximum Gasteiger partial charge on any atom is 0.328 e. The van der Waals surface area contributed by atoms with Gasteiger partial charge in [-0.2, -0.15) is 0 Å². The summed E-state index contributed by atoms with van der Waals surface area (Å²) in [4.78, 5) is 25.5. The van der Waals surface area contributed by atoms with Gasteiger partial charge in [0.25, 0.3) is 0 Å². The lowest BCUT2D eigenvalue weighted by Gasteiger charge is -2.34. The number of hydrogen-bond donors (Lipinski definition) is 2. The van der Waals surface area contributed by atoms with Gasteiger partial charge in [-0.3, -0.25) is 4.79 Å². The highest BCUT2D eigenvalue weighted by atomic mass is 35.5. The summed E-state index contributed by atoms with van der Waals surface area (Å²) in [6.45, 7) is 1.05. The number of nitrogens with zero attached hydrogens (tertiary/aromatic N) is 1. The number of carboxylic acids is 1. The molecular formula is C21H26ClNO4. The van der Waals surface area contributed by atoms with Crippen LogP contribution in [-0.4, -0.2) is 46.2 Å². The number of carbonyl (C=O) groups excluding carboxylic acids is 1. The van der Waals surface area contributed by atoms with Crippen LogP contribution < -0.4 is 0 Å². The standard InChI is InChI=1S/C21H26ClNO4/c22-19-11-14(4-8-20(25)26)1-5-16(19)12-17-9-10-23(21(17)27)18-6-2-15(13-24)3-7-18/h1,4-5,8,11,15,17-18,24H,2-3,6-7,9-10,12-13H2,(H,25,26)/b8-4+. The second-order valence-corrected chi connectivity index (χ2v) is 8.01. The molecule has 2 fully saturated rings. The minimum atomic E-state index is -1.00. The summed E-state index contributed by atoms with van der Waals surface area (Å²) >= 11 is 6.36. The fourth-order valence-electron chi connectivity index (χ4n) is 4.22. The fraction of sp³-hybridized carbons (Fsp3) is 0.524. The average Bonchev–Trinajstić information content (AvgIpc) is 3.02. The Labute approximate surface area is 164 Å². The van der Waals surface area contributed by atoms with Gasteiger partial charge in [0.1, 0.15) is 0 Å². The molecule has 146 valence electrons. The second kappa shape index (κ2) is 8.89. The fourth-order valence-corrected chi connectivity index (χ4v) is 4.49. The van der Waals surface area contributed by atoms with Crippen LogP contribution in [-0.2, 0) is 16.0 Å². The lowest BCUT2D eigenvalue weighted by Crippen LogP contribution is -2.40. The minimum Gasteiger partial charge on any atom is -0.478 e. The van der Waals surface area contributed by atoms with Crippen molar-refractivity contribution in [3.63, 3.8) is 0 Å². The lowest BCUT2D eigenvalue weighted by molar-refractivity contribution is -0.134. The summed E-state index contributed by atoms with van der Waals surface area (Å²) in [5.74, 6) is -0.436. The Balaban J connectivity index is 1.60. The summed E-state index contributed by atoms with van der Waals surface area (Å²) in [5.41, 5.74) is 1.65. The molecule has 27 heavy (non-hydrogen) atoms. The Morgan fingerprint density at radius 2 is 1.96 bits per heavy atom. The predicted molar refractivity (Wildman–Crippen MR) is 104 cm³/mol. The molecule has 1 amide bonds. The highest BCUT2D eigenvalue weighted by molar-refractivity contribution is 6.31. The van der Waals surface area contributed by atoms with E-state index in [0.717, 1.165) is 55.9 Å². The number of amides is 1. The van der Waals surface area contributed by atoms with Crippen LogP contribution in [0.25, 0.3) is 6.08 Å². The third kappa shape index (κ3) is 4.90. The largest absolute Gasteiger partial charge is 0.478 e. The van der Waals surface area contributed by atoms with Crippen molar-refractivity contribution < 1.29 is 19.8 Å². The van der Waals surface area contributed by atoms with Crippen LogP contribution in [0.15, 0.2) is 24.3 Å². The molecule has 1 aliphatic heterocycles. The Morgan fingerprint density at radius 3 is 2.59 bits per heavy atom. The number of carboxylic acid groups (broad SMARTS) is 1. The first-order chi connectivity index (χ1) is 13.0. The van der Waals surface area contributed by atoms with E-state index in [1.165, 1.54) is 6.08 Å². The van der Waals surface area contributed by atoms with Crippen LogP contribution in [0.2, 0.25) is 5.02 Å². The molecule has 6 heteroatoms. The Kier molecular flexibility index (Phi) is 6.55. The van der Waals surface area contributed by atoms with Crippen LogP contribution in [0.5, 0.6) is 0 Å². The molecule has 0 radical (unpaired) electrons. The van der Waals surface area contributed by atoms with Crippen LogP contribution in [0.1, 0.15) is 43.2 Å². The first kappa shape index (κ1) is 19.9. The Hall–Kier alpha value is -1.85. The first-order valence-electron chi connectivity index (χ1n) is 9.58. The van der Waals surface area contributed by atoms with E-state index in [2.05, 4.69) is 0 Å². The predicted octanol–water partition coefficient (Wildman–Crippen LogP) is 3.38. The second-order valence-electron chi connectivity index (χ2n) is 7.60. The number of hydrogen-bond acceptors (Lipinski definition) is 3. The third-order valence-electron chi connectivity index (χ3n) is 5.83. The summed E-state index contributed by atoms with van der Waals surface area (Å²) in [7, 11) is 0. The van der Waals surface area contributed by atoms with Crippen molar-refractivity contribution in [3.05, 3.63) is 40.4 Å².